The smallest absolute Gasteiger partial charge is 0.126 e. The molecule has 2 aromatic carbocycles. The lowest BCUT2D eigenvalue weighted by Crippen LogP contribution is -2.43. The van der Waals surface area contributed by atoms with Crippen molar-refractivity contribution in [3.63, 3.8) is 0 Å². The molecule has 0 amide bonds. The van der Waals surface area contributed by atoms with Gasteiger partial charge in [-0.05, 0) is 78.6 Å². The predicted molar refractivity (Wildman–Crippen MR) is 127 cm³/mol. The molecular formula is C27H31F2N3O. The number of nitrogens with zero attached hydrogens (tertiary/aromatic N) is 1. The first kappa shape index (κ1) is 23.3. The molecule has 0 radical (unpaired) electrons. The number of halogens is 2. The van der Waals surface area contributed by atoms with E-state index < -0.39 is 23.8 Å². The number of nitrogens with one attached hydrogen (secondary N) is 2. The van der Waals surface area contributed by atoms with Gasteiger partial charge in [-0.25, -0.2) is 13.8 Å². The molecule has 3 N–H and O–H groups in total. The Bertz CT molecular complexity index is 1040. The second-order valence-electron chi connectivity index (χ2n) is 8.75. The average molecular weight is 452 g/mol. The Hall–Kier alpha value is -2.83. The molecule has 0 aliphatic heterocycles. The van der Waals surface area contributed by atoms with Crippen molar-refractivity contribution in [1.82, 2.24) is 10.3 Å². The normalized spacial score (nSPS) is 17.3. The Kier molecular flexibility index (Phi) is 7.68. The first-order valence-corrected chi connectivity index (χ1v) is 11.7. The summed E-state index contributed by atoms with van der Waals surface area (Å²) in [6.07, 6.45) is 5.31. The summed E-state index contributed by atoms with van der Waals surface area (Å²) in [6.45, 7) is 2.50. The highest BCUT2D eigenvalue weighted by molar-refractivity contribution is 5.37. The van der Waals surface area contributed by atoms with E-state index in [1.807, 2.05) is 18.2 Å². The highest BCUT2D eigenvalue weighted by Crippen LogP contribution is 2.30. The molecule has 4 nitrogen and oxygen atoms in total. The van der Waals surface area contributed by atoms with Crippen LogP contribution in [0.4, 0.5) is 14.6 Å². The van der Waals surface area contributed by atoms with E-state index in [-0.39, 0.29) is 12.5 Å². The molecule has 0 fully saturated rings. The van der Waals surface area contributed by atoms with E-state index in [2.05, 4.69) is 40.7 Å². The average Bonchev–Trinajstić information content (AvgIpc) is 2.81. The molecule has 0 saturated carbocycles. The van der Waals surface area contributed by atoms with Gasteiger partial charge in [0.15, 0.2) is 0 Å². The van der Waals surface area contributed by atoms with Crippen LogP contribution >= 0.6 is 0 Å². The van der Waals surface area contributed by atoms with Gasteiger partial charge >= 0.3 is 0 Å². The SMILES string of the molecule is CCc1ccc2c(c1)[C@@H](NC[C@@H](O)[C@H](Cc1cc(F)cc(F)c1)Nc1ccccn1)CCC2. The van der Waals surface area contributed by atoms with Gasteiger partial charge in [0.1, 0.15) is 17.5 Å². The van der Waals surface area contributed by atoms with Gasteiger partial charge in [-0.1, -0.05) is 31.2 Å². The number of anilines is 1. The molecule has 4 rings (SSSR count). The first-order chi connectivity index (χ1) is 16.0. The van der Waals surface area contributed by atoms with Crippen molar-refractivity contribution in [1.29, 1.82) is 0 Å². The van der Waals surface area contributed by atoms with Crippen molar-refractivity contribution in [3.8, 4) is 0 Å². The third-order valence-electron chi connectivity index (χ3n) is 6.35. The number of aliphatic hydroxyl groups excluding tert-OH is 1. The fourth-order valence-corrected chi connectivity index (χ4v) is 4.59. The number of aryl methyl sites for hydroxylation is 2. The maximum absolute atomic E-state index is 13.8. The lowest BCUT2D eigenvalue weighted by Gasteiger charge is -2.30. The van der Waals surface area contributed by atoms with Crippen molar-refractivity contribution in [2.45, 2.75) is 57.2 Å². The van der Waals surface area contributed by atoms with Crippen molar-refractivity contribution in [2.24, 2.45) is 0 Å². The Labute approximate surface area is 194 Å². The number of pyridine rings is 1. The fourth-order valence-electron chi connectivity index (χ4n) is 4.59. The minimum Gasteiger partial charge on any atom is -0.390 e. The lowest BCUT2D eigenvalue weighted by molar-refractivity contribution is 0.143. The molecule has 1 heterocycles. The molecule has 174 valence electrons. The molecule has 0 saturated heterocycles. The zero-order valence-corrected chi connectivity index (χ0v) is 18.9. The van der Waals surface area contributed by atoms with Crippen LogP contribution in [0.5, 0.6) is 0 Å². The number of benzene rings is 2. The Morgan fingerprint density at radius 3 is 2.61 bits per heavy atom. The summed E-state index contributed by atoms with van der Waals surface area (Å²) < 4.78 is 27.5. The fraction of sp³-hybridized carbons (Fsp3) is 0.370. The van der Waals surface area contributed by atoms with Crippen molar-refractivity contribution < 1.29 is 13.9 Å². The van der Waals surface area contributed by atoms with E-state index >= 15 is 0 Å². The van der Waals surface area contributed by atoms with Gasteiger partial charge in [-0.2, -0.15) is 0 Å². The zero-order chi connectivity index (χ0) is 23.2. The Morgan fingerprint density at radius 2 is 1.88 bits per heavy atom. The molecule has 1 aromatic heterocycles. The summed E-state index contributed by atoms with van der Waals surface area (Å²) >= 11 is 0. The monoisotopic (exact) mass is 451 g/mol. The molecule has 0 spiro atoms. The van der Waals surface area contributed by atoms with Gasteiger partial charge < -0.3 is 15.7 Å². The Morgan fingerprint density at radius 1 is 1.06 bits per heavy atom. The third-order valence-corrected chi connectivity index (χ3v) is 6.35. The molecule has 1 aliphatic carbocycles. The topological polar surface area (TPSA) is 57.2 Å². The molecule has 0 unspecified atom stereocenters. The number of hydrogen-bond acceptors (Lipinski definition) is 4. The van der Waals surface area contributed by atoms with E-state index in [9.17, 15) is 13.9 Å². The standard InChI is InChI=1S/C27H31F2N3O/c1-2-18-9-10-20-6-5-7-24(23(20)14-18)31-17-26(33)25(32-27-8-3-4-11-30-27)15-19-12-21(28)16-22(29)13-19/h3-4,8-14,16,24-26,31,33H,2,5-7,15,17H2,1H3,(H,30,32)/t24-,25-,26+/m0/s1. The largest absolute Gasteiger partial charge is 0.390 e. The van der Waals surface area contributed by atoms with E-state index in [0.717, 1.165) is 31.7 Å². The summed E-state index contributed by atoms with van der Waals surface area (Å²) in [5.41, 5.74) is 4.47. The van der Waals surface area contributed by atoms with Crippen LogP contribution in [0.3, 0.4) is 0 Å². The molecule has 6 heteroatoms. The van der Waals surface area contributed by atoms with Crippen LogP contribution in [0.25, 0.3) is 0 Å². The Balaban J connectivity index is 1.49. The molecule has 33 heavy (non-hydrogen) atoms. The molecule has 3 atom stereocenters. The summed E-state index contributed by atoms with van der Waals surface area (Å²) in [5, 5.41) is 17.9. The first-order valence-electron chi connectivity index (χ1n) is 11.7. The predicted octanol–water partition coefficient (Wildman–Crippen LogP) is 4.97. The second kappa shape index (κ2) is 10.9. The number of aromatic nitrogens is 1. The van der Waals surface area contributed by atoms with Crippen LogP contribution in [0, 0.1) is 11.6 Å². The van der Waals surface area contributed by atoms with Gasteiger partial charge in [0.2, 0.25) is 0 Å². The van der Waals surface area contributed by atoms with Gasteiger partial charge in [-0.15, -0.1) is 0 Å². The van der Waals surface area contributed by atoms with Crippen molar-refractivity contribution in [3.05, 3.63) is 94.7 Å². The third kappa shape index (κ3) is 6.15. The van der Waals surface area contributed by atoms with Crippen LogP contribution in [-0.4, -0.2) is 28.8 Å². The number of aliphatic hydroxyl groups is 1. The highest BCUT2D eigenvalue weighted by Gasteiger charge is 2.25. The maximum Gasteiger partial charge on any atom is 0.126 e. The summed E-state index contributed by atoms with van der Waals surface area (Å²) in [7, 11) is 0. The summed E-state index contributed by atoms with van der Waals surface area (Å²) in [6, 6.07) is 15.3. The highest BCUT2D eigenvalue weighted by atomic mass is 19.1. The maximum atomic E-state index is 13.8. The molecule has 3 aromatic rings. The van der Waals surface area contributed by atoms with Gasteiger partial charge in [0.25, 0.3) is 0 Å². The molecule has 1 aliphatic rings. The van der Waals surface area contributed by atoms with Gasteiger partial charge in [-0.3, -0.25) is 0 Å². The van der Waals surface area contributed by atoms with E-state index in [4.69, 9.17) is 0 Å². The van der Waals surface area contributed by atoms with Crippen LogP contribution in [0.15, 0.2) is 60.8 Å². The minimum atomic E-state index is -0.793. The second-order valence-corrected chi connectivity index (χ2v) is 8.75. The van der Waals surface area contributed by atoms with Crippen LogP contribution < -0.4 is 10.6 Å². The molecular weight excluding hydrogens is 420 g/mol. The van der Waals surface area contributed by atoms with Crippen LogP contribution in [-0.2, 0) is 19.3 Å². The summed E-state index contributed by atoms with van der Waals surface area (Å²) in [5.74, 6) is -0.645. The quantitative estimate of drug-likeness (QED) is 0.430. The number of rotatable bonds is 9. The van der Waals surface area contributed by atoms with Crippen LogP contribution in [0.2, 0.25) is 0 Å². The van der Waals surface area contributed by atoms with E-state index in [0.29, 0.717) is 17.9 Å². The number of fused-ring (bicyclic) bond motifs is 1. The van der Waals surface area contributed by atoms with Crippen molar-refractivity contribution >= 4 is 5.82 Å². The van der Waals surface area contributed by atoms with Crippen molar-refractivity contribution in [2.75, 3.05) is 11.9 Å². The van der Waals surface area contributed by atoms with E-state index in [1.165, 1.54) is 28.8 Å². The van der Waals surface area contributed by atoms with Crippen LogP contribution in [0.1, 0.15) is 48.1 Å². The lowest BCUT2D eigenvalue weighted by atomic mass is 9.86. The zero-order valence-electron chi connectivity index (χ0n) is 18.9. The van der Waals surface area contributed by atoms with E-state index in [1.54, 1.807) is 6.20 Å². The van der Waals surface area contributed by atoms with Gasteiger partial charge in [0.05, 0.1) is 12.1 Å². The molecule has 0 bridgehead atoms. The van der Waals surface area contributed by atoms with Gasteiger partial charge in [0, 0.05) is 24.8 Å². The number of hydrogen-bond donors (Lipinski definition) is 3. The summed E-state index contributed by atoms with van der Waals surface area (Å²) in [4.78, 5) is 4.29. The minimum absolute atomic E-state index is 0.178.